The van der Waals surface area contributed by atoms with E-state index in [4.69, 9.17) is 9.84 Å². The summed E-state index contributed by atoms with van der Waals surface area (Å²) in [5.74, 6) is -0.480. The molecule has 0 aliphatic heterocycles. The predicted octanol–water partition coefficient (Wildman–Crippen LogP) is 1.74. The normalized spacial score (nSPS) is 11.7. The van der Waals surface area contributed by atoms with Gasteiger partial charge < -0.3 is 15.2 Å². The summed E-state index contributed by atoms with van der Waals surface area (Å²) in [6.45, 7) is 1.85. The van der Waals surface area contributed by atoms with Gasteiger partial charge in [0, 0.05) is 6.42 Å². The minimum absolute atomic E-state index is 0.00414. The number of hydrogen-bond donors (Lipinski definition) is 2. The lowest BCUT2D eigenvalue weighted by Gasteiger charge is -2.14. The summed E-state index contributed by atoms with van der Waals surface area (Å²) in [7, 11) is 1.59. The number of aliphatic carboxylic acids is 1. The number of methoxy groups -OCH3 is 1. The Morgan fingerprint density at radius 1 is 1.28 bits per heavy atom. The molecule has 5 heteroatoms. The first kappa shape index (κ1) is 14.0. The zero-order chi connectivity index (χ0) is 13.5. The van der Waals surface area contributed by atoms with Crippen molar-refractivity contribution in [3.63, 3.8) is 0 Å². The molecule has 0 aromatic heterocycles. The van der Waals surface area contributed by atoms with Crippen LogP contribution in [0.15, 0.2) is 24.3 Å². The van der Waals surface area contributed by atoms with Crippen LogP contribution < -0.4 is 10.1 Å². The summed E-state index contributed by atoms with van der Waals surface area (Å²) < 4.78 is 5.04. The molecule has 0 bridgehead atoms. The number of ether oxygens (including phenoxy) is 1. The Hall–Kier alpha value is -2.04. The van der Waals surface area contributed by atoms with Crippen LogP contribution in [-0.2, 0) is 9.59 Å². The van der Waals surface area contributed by atoms with E-state index in [0.717, 1.165) is 11.3 Å². The molecule has 0 saturated heterocycles. The van der Waals surface area contributed by atoms with Crippen molar-refractivity contribution in [1.29, 1.82) is 0 Å². The highest BCUT2D eigenvalue weighted by atomic mass is 16.5. The van der Waals surface area contributed by atoms with E-state index in [1.165, 1.54) is 0 Å². The molecule has 0 aliphatic rings. The molecule has 1 amide bonds. The quantitative estimate of drug-likeness (QED) is 0.807. The number of carbonyl (C=O) groups is 2. The molecular formula is C13H17NO4. The second kappa shape index (κ2) is 6.64. The van der Waals surface area contributed by atoms with E-state index in [1.54, 1.807) is 7.11 Å². The lowest BCUT2D eigenvalue weighted by Crippen LogP contribution is -2.26. The van der Waals surface area contributed by atoms with Gasteiger partial charge in [0.15, 0.2) is 0 Å². The summed E-state index contributed by atoms with van der Waals surface area (Å²) >= 11 is 0. The molecule has 0 saturated carbocycles. The smallest absolute Gasteiger partial charge is 0.303 e. The number of carboxylic acid groups (broad SMARTS) is 1. The summed E-state index contributed by atoms with van der Waals surface area (Å²) in [5, 5.41) is 11.2. The van der Waals surface area contributed by atoms with E-state index in [1.807, 2.05) is 31.2 Å². The fourth-order valence-corrected chi connectivity index (χ4v) is 1.51. The lowest BCUT2D eigenvalue weighted by molar-refractivity contribution is -0.138. The van der Waals surface area contributed by atoms with Crippen molar-refractivity contribution in [1.82, 2.24) is 5.32 Å². The molecule has 0 unspecified atom stereocenters. The molecule has 98 valence electrons. The van der Waals surface area contributed by atoms with Crippen LogP contribution in [0.4, 0.5) is 0 Å². The maximum absolute atomic E-state index is 11.5. The fourth-order valence-electron chi connectivity index (χ4n) is 1.51. The summed E-state index contributed by atoms with van der Waals surface area (Å²) in [6.07, 6.45) is -0.156. The van der Waals surface area contributed by atoms with E-state index >= 15 is 0 Å². The first-order valence-corrected chi connectivity index (χ1v) is 5.68. The lowest BCUT2D eigenvalue weighted by atomic mass is 10.1. The van der Waals surface area contributed by atoms with Crippen LogP contribution in [0.5, 0.6) is 5.75 Å². The molecule has 0 heterocycles. The highest BCUT2D eigenvalue weighted by molar-refractivity contribution is 5.80. The van der Waals surface area contributed by atoms with Crippen LogP contribution >= 0.6 is 0 Å². The molecular weight excluding hydrogens is 234 g/mol. The molecule has 0 spiro atoms. The van der Waals surface area contributed by atoms with Gasteiger partial charge in [-0.1, -0.05) is 12.1 Å². The third-order valence-corrected chi connectivity index (χ3v) is 2.56. The van der Waals surface area contributed by atoms with Crippen molar-refractivity contribution in [2.45, 2.75) is 25.8 Å². The van der Waals surface area contributed by atoms with Crippen molar-refractivity contribution in [2.24, 2.45) is 0 Å². The molecule has 0 aliphatic carbocycles. The van der Waals surface area contributed by atoms with Gasteiger partial charge in [-0.3, -0.25) is 9.59 Å². The maximum Gasteiger partial charge on any atom is 0.303 e. The van der Waals surface area contributed by atoms with Gasteiger partial charge in [-0.25, -0.2) is 0 Å². The number of carbonyl (C=O) groups excluding carboxylic acids is 1. The van der Waals surface area contributed by atoms with Crippen LogP contribution in [0.3, 0.4) is 0 Å². The van der Waals surface area contributed by atoms with Crippen LogP contribution in [0.25, 0.3) is 0 Å². The van der Waals surface area contributed by atoms with Gasteiger partial charge in [0.25, 0.3) is 0 Å². The second-order valence-electron chi connectivity index (χ2n) is 3.96. The topological polar surface area (TPSA) is 75.6 Å². The molecule has 0 fully saturated rings. The average Bonchev–Trinajstić information content (AvgIpc) is 2.36. The van der Waals surface area contributed by atoms with Gasteiger partial charge in [-0.15, -0.1) is 0 Å². The molecule has 1 aromatic rings. The number of nitrogens with one attached hydrogen (secondary N) is 1. The minimum atomic E-state index is -0.970. The van der Waals surface area contributed by atoms with Gasteiger partial charge in [-0.05, 0) is 24.6 Å². The fraction of sp³-hybridized carbons (Fsp3) is 0.385. The molecule has 1 aromatic carbocycles. The third-order valence-electron chi connectivity index (χ3n) is 2.56. The Balaban J connectivity index is 2.50. The van der Waals surface area contributed by atoms with Gasteiger partial charge in [0.1, 0.15) is 5.75 Å². The number of hydrogen-bond acceptors (Lipinski definition) is 3. The number of rotatable bonds is 6. The van der Waals surface area contributed by atoms with Gasteiger partial charge in [0.05, 0.1) is 19.6 Å². The zero-order valence-corrected chi connectivity index (χ0v) is 10.5. The standard InChI is InChI=1S/C13H17NO4/c1-9(14-12(15)7-8-13(16)17)10-3-5-11(18-2)6-4-10/h3-6,9H,7-8H2,1-2H3,(H,14,15)(H,16,17)/t9-/m0/s1. The molecule has 18 heavy (non-hydrogen) atoms. The Labute approximate surface area is 106 Å². The van der Waals surface area contributed by atoms with E-state index in [2.05, 4.69) is 5.32 Å². The Bertz CT molecular complexity index is 414. The molecule has 2 N–H and O–H groups in total. The highest BCUT2D eigenvalue weighted by Gasteiger charge is 2.10. The predicted molar refractivity (Wildman–Crippen MR) is 66.4 cm³/mol. The van der Waals surface area contributed by atoms with Gasteiger partial charge in [0.2, 0.25) is 5.91 Å². The molecule has 1 atom stereocenters. The Kier molecular flexibility index (Phi) is 5.17. The van der Waals surface area contributed by atoms with E-state index in [0.29, 0.717) is 0 Å². The highest BCUT2D eigenvalue weighted by Crippen LogP contribution is 2.17. The average molecular weight is 251 g/mol. The number of amides is 1. The van der Waals surface area contributed by atoms with E-state index in [9.17, 15) is 9.59 Å². The summed E-state index contributed by atoms with van der Waals surface area (Å²) in [5.41, 5.74) is 0.944. The molecule has 0 radical (unpaired) electrons. The van der Waals surface area contributed by atoms with Crippen LogP contribution in [0.2, 0.25) is 0 Å². The van der Waals surface area contributed by atoms with Crippen molar-refractivity contribution in [2.75, 3.05) is 7.11 Å². The largest absolute Gasteiger partial charge is 0.497 e. The summed E-state index contributed by atoms with van der Waals surface area (Å²) in [4.78, 5) is 21.8. The second-order valence-corrected chi connectivity index (χ2v) is 3.96. The summed E-state index contributed by atoms with van der Waals surface area (Å²) in [6, 6.07) is 7.20. The Morgan fingerprint density at radius 3 is 2.39 bits per heavy atom. The minimum Gasteiger partial charge on any atom is -0.497 e. The SMILES string of the molecule is COc1ccc([C@H](C)NC(=O)CCC(=O)O)cc1. The monoisotopic (exact) mass is 251 g/mol. The first-order chi connectivity index (χ1) is 8.52. The van der Waals surface area contributed by atoms with Crippen molar-refractivity contribution < 1.29 is 19.4 Å². The van der Waals surface area contributed by atoms with Gasteiger partial charge >= 0.3 is 5.97 Å². The molecule has 5 nitrogen and oxygen atoms in total. The van der Waals surface area contributed by atoms with Crippen LogP contribution in [0.1, 0.15) is 31.4 Å². The van der Waals surface area contributed by atoms with Crippen LogP contribution in [-0.4, -0.2) is 24.1 Å². The van der Waals surface area contributed by atoms with Crippen molar-refractivity contribution >= 4 is 11.9 Å². The zero-order valence-electron chi connectivity index (χ0n) is 10.5. The van der Waals surface area contributed by atoms with Crippen LogP contribution in [0, 0.1) is 0 Å². The number of benzene rings is 1. The van der Waals surface area contributed by atoms with Gasteiger partial charge in [-0.2, -0.15) is 0 Å². The Morgan fingerprint density at radius 2 is 1.89 bits per heavy atom. The first-order valence-electron chi connectivity index (χ1n) is 5.68. The van der Waals surface area contributed by atoms with Crippen molar-refractivity contribution in [3.8, 4) is 5.75 Å². The number of carboxylic acids is 1. The third kappa shape index (κ3) is 4.45. The van der Waals surface area contributed by atoms with Crippen molar-refractivity contribution in [3.05, 3.63) is 29.8 Å². The molecule has 1 rings (SSSR count). The maximum atomic E-state index is 11.5. The van der Waals surface area contributed by atoms with E-state index < -0.39 is 5.97 Å². The van der Waals surface area contributed by atoms with E-state index in [-0.39, 0.29) is 24.8 Å².